The first-order valence-corrected chi connectivity index (χ1v) is 7.97. The van der Waals surface area contributed by atoms with Crippen LogP contribution in [0.4, 0.5) is 0 Å². The van der Waals surface area contributed by atoms with Gasteiger partial charge in [-0.25, -0.2) is 0 Å². The summed E-state index contributed by atoms with van der Waals surface area (Å²) in [7, 11) is 0. The molecule has 0 aromatic heterocycles. The summed E-state index contributed by atoms with van der Waals surface area (Å²) >= 11 is 9.95. The van der Waals surface area contributed by atoms with Gasteiger partial charge in [0.05, 0.1) is 0 Å². The summed E-state index contributed by atoms with van der Waals surface area (Å²) in [5.74, 6) is 0.459. The summed E-state index contributed by atoms with van der Waals surface area (Å²) in [5, 5.41) is 1.82. The molecule has 2 aromatic carbocycles. The Morgan fingerprint density at radius 3 is 2.21 bits per heavy atom. The number of aryl methyl sites for hydroxylation is 2. The second-order valence-electron chi connectivity index (χ2n) is 5.06. The summed E-state index contributed by atoms with van der Waals surface area (Å²) in [4.78, 5) is 0. The van der Waals surface area contributed by atoms with Gasteiger partial charge in [-0.05, 0) is 48.9 Å². The number of benzene rings is 2. The predicted octanol–water partition coefficient (Wildman–Crippen LogP) is 5.68. The van der Waals surface area contributed by atoms with Crippen LogP contribution in [0.5, 0.6) is 0 Å². The third-order valence-corrected chi connectivity index (χ3v) is 4.54. The maximum atomic E-state index is 6.33. The molecule has 0 nitrogen and oxygen atoms in total. The fourth-order valence-electron chi connectivity index (χ4n) is 2.18. The lowest BCUT2D eigenvalue weighted by Gasteiger charge is -2.16. The van der Waals surface area contributed by atoms with Crippen LogP contribution < -0.4 is 0 Å². The Labute approximate surface area is 128 Å². The fourth-order valence-corrected chi connectivity index (χ4v) is 3.10. The van der Waals surface area contributed by atoms with Crippen LogP contribution in [0.1, 0.15) is 28.2 Å². The molecule has 2 rings (SSSR count). The monoisotopic (exact) mass is 336 g/mol. The van der Waals surface area contributed by atoms with Crippen LogP contribution in [0.25, 0.3) is 0 Å². The largest absolute Gasteiger partial charge is 0.0921 e. The van der Waals surface area contributed by atoms with Gasteiger partial charge in [0.1, 0.15) is 0 Å². The number of halogens is 2. The molecular formula is C17H18BrCl. The van der Waals surface area contributed by atoms with Crippen LogP contribution in [0.15, 0.2) is 42.5 Å². The zero-order valence-electron chi connectivity index (χ0n) is 11.3. The first-order chi connectivity index (χ1) is 9.10. The normalized spacial score (nSPS) is 12.4. The van der Waals surface area contributed by atoms with Crippen molar-refractivity contribution in [1.29, 1.82) is 0 Å². The highest BCUT2D eigenvalue weighted by molar-refractivity contribution is 9.09. The van der Waals surface area contributed by atoms with Crippen LogP contribution in [0, 0.1) is 13.8 Å². The van der Waals surface area contributed by atoms with E-state index < -0.39 is 0 Å². The van der Waals surface area contributed by atoms with Gasteiger partial charge >= 0.3 is 0 Å². The second-order valence-corrected chi connectivity index (χ2v) is 6.12. The van der Waals surface area contributed by atoms with Gasteiger partial charge in [0.15, 0.2) is 0 Å². The molecule has 0 fully saturated rings. The molecule has 100 valence electrons. The molecule has 0 N–H and O–H groups in total. The van der Waals surface area contributed by atoms with Gasteiger partial charge in [-0.3, -0.25) is 0 Å². The van der Waals surface area contributed by atoms with Crippen molar-refractivity contribution in [2.45, 2.75) is 26.2 Å². The molecule has 2 heteroatoms. The maximum absolute atomic E-state index is 6.33. The van der Waals surface area contributed by atoms with E-state index >= 15 is 0 Å². The van der Waals surface area contributed by atoms with Crippen LogP contribution in [0.2, 0.25) is 5.02 Å². The van der Waals surface area contributed by atoms with Gasteiger partial charge in [0.25, 0.3) is 0 Å². The van der Waals surface area contributed by atoms with Gasteiger partial charge in [-0.1, -0.05) is 69.5 Å². The van der Waals surface area contributed by atoms with Crippen molar-refractivity contribution in [3.8, 4) is 0 Å². The highest BCUT2D eigenvalue weighted by Gasteiger charge is 2.13. The molecule has 0 radical (unpaired) electrons. The minimum atomic E-state index is 0.459. The van der Waals surface area contributed by atoms with Gasteiger partial charge < -0.3 is 0 Å². The number of hydrogen-bond donors (Lipinski definition) is 0. The zero-order valence-corrected chi connectivity index (χ0v) is 13.6. The van der Waals surface area contributed by atoms with E-state index in [0.29, 0.717) is 5.92 Å². The third-order valence-electron chi connectivity index (χ3n) is 3.41. The molecule has 0 bridgehead atoms. The van der Waals surface area contributed by atoms with Gasteiger partial charge in [0.2, 0.25) is 0 Å². The number of alkyl halides is 1. The molecule has 0 saturated heterocycles. The lowest BCUT2D eigenvalue weighted by atomic mass is 9.93. The molecule has 0 aliphatic heterocycles. The van der Waals surface area contributed by atoms with Crippen molar-refractivity contribution >= 4 is 27.5 Å². The zero-order chi connectivity index (χ0) is 13.8. The first-order valence-electron chi connectivity index (χ1n) is 6.47. The SMILES string of the molecule is Cc1ccc(C(CBr)Cc2ccc(C)cc2Cl)cc1. The van der Waals surface area contributed by atoms with Crippen LogP contribution in [-0.4, -0.2) is 5.33 Å². The summed E-state index contributed by atoms with van der Waals surface area (Å²) < 4.78 is 0. The predicted molar refractivity (Wildman–Crippen MR) is 87.6 cm³/mol. The molecule has 0 heterocycles. The quantitative estimate of drug-likeness (QED) is 0.630. The molecule has 19 heavy (non-hydrogen) atoms. The Bertz CT molecular complexity index is 546. The average molecular weight is 338 g/mol. The van der Waals surface area contributed by atoms with Crippen molar-refractivity contribution < 1.29 is 0 Å². The van der Waals surface area contributed by atoms with Gasteiger partial charge in [-0.2, -0.15) is 0 Å². The highest BCUT2D eigenvalue weighted by atomic mass is 79.9. The minimum absolute atomic E-state index is 0.459. The summed E-state index contributed by atoms with van der Waals surface area (Å²) in [6.45, 7) is 4.18. The molecule has 1 atom stereocenters. The molecule has 1 unspecified atom stereocenters. The molecule has 0 aliphatic rings. The average Bonchev–Trinajstić information content (AvgIpc) is 2.39. The Morgan fingerprint density at radius 1 is 1.00 bits per heavy atom. The van der Waals surface area contributed by atoms with E-state index in [-0.39, 0.29) is 0 Å². The van der Waals surface area contributed by atoms with Crippen molar-refractivity contribution in [2.75, 3.05) is 5.33 Å². The molecule has 0 aliphatic carbocycles. The first kappa shape index (κ1) is 14.6. The van der Waals surface area contributed by atoms with E-state index in [2.05, 4.69) is 66.2 Å². The third kappa shape index (κ3) is 3.84. The van der Waals surface area contributed by atoms with Crippen LogP contribution in [0.3, 0.4) is 0 Å². The lowest BCUT2D eigenvalue weighted by molar-refractivity contribution is 0.775. The summed E-state index contributed by atoms with van der Waals surface area (Å²) in [5.41, 5.74) is 5.08. The second kappa shape index (κ2) is 6.58. The molecule has 0 saturated carbocycles. The molecule has 0 spiro atoms. The van der Waals surface area contributed by atoms with Crippen LogP contribution >= 0.6 is 27.5 Å². The van der Waals surface area contributed by atoms with Crippen LogP contribution in [-0.2, 0) is 6.42 Å². The van der Waals surface area contributed by atoms with E-state index in [0.717, 1.165) is 16.8 Å². The van der Waals surface area contributed by atoms with Crippen molar-refractivity contribution in [3.05, 3.63) is 69.7 Å². The Kier molecular flexibility index (Phi) is 5.06. The van der Waals surface area contributed by atoms with Gasteiger partial charge in [0, 0.05) is 10.4 Å². The molecular weight excluding hydrogens is 320 g/mol. The van der Waals surface area contributed by atoms with Gasteiger partial charge in [-0.15, -0.1) is 0 Å². The van der Waals surface area contributed by atoms with E-state index in [1.165, 1.54) is 22.3 Å². The van der Waals surface area contributed by atoms with Crippen molar-refractivity contribution in [2.24, 2.45) is 0 Å². The topological polar surface area (TPSA) is 0 Å². The maximum Gasteiger partial charge on any atom is 0.0440 e. The van der Waals surface area contributed by atoms with E-state index in [4.69, 9.17) is 11.6 Å². The van der Waals surface area contributed by atoms with E-state index in [1.54, 1.807) is 0 Å². The Hall–Kier alpha value is -0.790. The summed E-state index contributed by atoms with van der Waals surface area (Å²) in [6, 6.07) is 15.1. The standard InChI is InChI=1S/C17H18BrCl/c1-12-3-6-14(7-4-12)16(11-18)10-15-8-5-13(2)9-17(15)19/h3-9,16H,10-11H2,1-2H3. The molecule has 2 aromatic rings. The van der Waals surface area contributed by atoms with E-state index in [9.17, 15) is 0 Å². The smallest absolute Gasteiger partial charge is 0.0440 e. The summed E-state index contributed by atoms with van der Waals surface area (Å²) in [6.07, 6.45) is 0.966. The number of rotatable bonds is 4. The molecule has 0 amide bonds. The number of hydrogen-bond acceptors (Lipinski definition) is 0. The van der Waals surface area contributed by atoms with Crippen molar-refractivity contribution in [3.63, 3.8) is 0 Å². The minimum Gasteiger partial charge on any atom is -0.0921 e. The Morgan fingerprint density at radius 2 is 1.63 bits per heavy atom. The Balaban J connectivity index is 2.21. The van der Waals surface area contributed by atoms with Crippen molar-refractivity contribution in [1.82, 2.24) is 0 Å². The van der Waals surface area contributed by atoms with E-state index in [1.807, 2.05) is 6.07 Å². The highest BCUT2D eigenvalue weighted by Crippen LogP contribution is 2.27. The lowest BCUT2D eigenvalue weighted by Crippen LogP contribution is -2.05. The fraction of sp³-hybridized carbons (Fsp3) is 0.294.